The molecule has 14 unspecified atom stereocenters. The van der Waals surface area contributed by atoms with Gasteiger partial charge in [0.2, 0.25) is 0 Å². The Bertz CT molecular complexity index is 2660. The molecule has 0 aromatic carbocycles. The minimum absolute atomic E-state index is 0.0284. The van der Waals surface area contributed by atoms with Crippen molar-refractivity contribution in [3.8, 4) is 0 Å². The highest BCUT2D eigenvalue weighted by atomic mass is 31.2. The van der Waals surface area contributed by atoms with Gasteiger partial charge in [0, 0.05) is 12.8 Å². The van der Waals surface area contributed by atoms with Gasteiger partial charge >= 0.3 is 19.8 Å². The van der Waals surface area contributed by atoms with Crippen molar-refractivity contribution in [2.75, 3.05) is 46.2 Å². The molecule has 113 heavy (non-hydrogen) atoms. The molecule has 21 N–H and O–H groups in total. The van der Waals surface area contributed by atoms with Crippen LogP contribution in [-0.2, 0) is 80.0 Å². The van der Waals surface area contributed by atoms with Gasteiger partial charge in [-0.1, -0.05) is 161 Å². The van der Waals surface area contributed by atoms with Gasteiger partial charge < -0.3 is 164 Å². The fraction of sp³-hybridized carbons (Fsp3) is 0.946. The Morgan fingerprint density at radius 2 is 0.637 bits per heavy atom. The average Bonchev–Trinajstić information content (AvgIpc) is 0.755. The van der Waals surface area contributed by atoms with Crippen molar-refractivity contribution in [3.63, 3.8) is 0 Å². The summed E-state index contributed by atoms with van der Waals surface area (Å²) in [4.78, 5) is 38.3. The van der Waals surface area contributed by atoms with Crippen LogP contribution in [0.5, 0.6) is 0 Å². The summed E-state index contributed by atoms with van der Waals surface area (Å²) >= 11 is 0. The number of rotatable bonds is 53. The first-order chi connectivity index (χ1) is 54.0. The first kappa shape index (κ1) is 99.4. The number of phosphoric ester groups is 1. The number of ether oxygens (including phenoxy) is 12. The van der Waals surface area contributed by atoms with Gasteiger partial charge in [-0.25, -0.2) is 4.57 Å². The number of aliphatic hydroxyl groups is 20. The molecule has 0 bridgehead atoms. The summed E-state index contributed by atoms with van der Waals surface area (Å²) in [7, 11) is -5.86. The van der Waals surface area contributed by atoms with Crippen LogP contribution in [0.2, 0.25) is 0 Å². The van der Waals surface area contributed by atoms with Gasteiger partial charge in [-0.15, -0.1) is 0 Å². The maximum Gasteiger partial charge on any atom is 0.472 e. The number of esters is 2. The van der Waals surface area contributed by atoms with Crippen LogP contribution in [0.3, 0.4) is 0 Å². The van der Waals surface area contributed by atoms with Crippen LogP contribution in [0.15, 0.2) is 12.2 Å². The smallest absolute Gasteiger partial charge is 0.462 e. The van der Waals surface area contributed by atoms with Crippen LogP contribution >= 0.6 is 7.82 Å². The Kier molecular flexibility index (Phi) is 45.8. The van der Waals surface area contributed by atoms with Gasteiger partial charge in [-0.05, 0) is 38.5 Å². The normalized spacial score (nSPS) is 38.0. The standard InChI is InChI=1S/C74H133O38P/c1-3-5-7-9-11-13-15-17-18-19-21-22-24-26-28-30-32-47(77)99-36-41(104-48(78)33-31-29-27-25-23-20-16-14-12-10-8-6-4-2)37-103-113(97,98)112-69-67(110-73-65(95)55(85)50(80)43(35-76)106-73)60(90)59(89)61(91)68(69)111-74-66(96)58(88)53(83)46(109-74)40-102-72-64(94)57(87)52(82)45(108-72)39-101-71-63(93)56(86)51(81)44(107-71)38-100-70-62(92)54(84)49(79)42(34-75)105-70/h18-19,41-46,49-76,79-96H,3-17,20-40H2,1-2H3,(H,97,98)/b19-18-/t41-,42?,43?,44?,45?,46?,49+,50-,51+,52+,53+,54?,55?,56?,57?,58?,59+,60?,61?,62+,63+,64+,65-,66+,67-,68?,69+,70-,71-,72-,73-,74+/m1/s1. The van der Waals surface area contributed by atoms with E-state index >= 15 is 0 Å². The van der Waals surface area contributed by atoms with Crippen LogP contribution in [0.1, 0.15) is 200 Å². The second-order valence-electron chi connectivity index (χ2n) is 30.4. The first-order valence-electron chi connectivity index (χ1n) is 40.6. The van der Waals surface area contributed by atoms with Gasteiger partial charge in [0.05, 0.1) is 39.6 Å². The van der Waals surface area contributed by atoms with Crippen molar-refractivity contribution >= 4 is 19.8 Å². The molecule has 5 aliphatic heterocycles. The fourth-order valence-electron chi connectivity index (χ4n) is 14.2. The maximum absolute atomic E-state index is 14.5. The second kappa shape index (κ2) is 52.0. The molecule has 38 nitrogen and oxygen atoms in total. The van der Waals surface area contributed by atoms with E-state index in [0.29, 0.717) is 25.7 Å². The predicted octanol–water partition coefficient (Wildman–Crippen LogP) is -2.21. The zero-order valence-corrected chi connectivity index (χ0v) is 65.8. The number of allylic oxidation sites excluding steroid dienone is 2. The topological polar surface area (TPSA) is 605 Å². The minimum Gasteiger partial charge on any atom is -0.462 e. The summed E-state index contributed by atoms with van der Waals surface area (Å²) < 4.78 is 92.9. The van der Waals surface area contributed by atoms with Gasteiger partial charge in [-0.2, -0.15) is 0 Å². The molecular weight excluding hydrogens is 1530 g/mol. The molecule has 0 amide bonds. The highest BCUT2D eigenvalue weighted by molar-refractivity contribution is 7.47. The molecule has 0 aromatic heterocycles. The molecule has 6 fully saturated rings. The van der Waals surface area contributed by atoms with E-state index < -0.39 is 262 Å². The van der Waals surface area contributed by atoms with E-state index in [9.17, 15) is 121 Å². The van der Waals surface area contributed by atoms with Gasteiger partial charge in [-0.3, -0.25) is 18.6 Å². The second-order valence-corrected chi connectivity index (χ2v) is 31.8. The third-order valence-corrected chi connectivity index (χ3v) is 22.3. The SMILES string of the molecule is CCCCCCCCC/C=C\CCCCCCCC(=O)OC[C@H](COP(=O)(O)O[C@@H]1C(O[C@@H]2OC(CO[C@@H]3OC(CO[C@@H]4OC(CO[C@@H]5OC(CO)[C@H](O)C(O)[C@@H]5O)[C@H](O)C(O)[C@@H]4O)[C@H](O)C(O)[C@@H]3O)[C@H](O)C(O)[C@@H]2O)C(O)[C@@H](O)C(O)[C@H]1O[C@H]1OC(CO)[C@@H](O)C(O)[C@H]1O)OC(=O)CCCCCCCCCCCCCCC. The zero-order valence-electron chi connectivity index (χ0n) is 64.9. The summed E-state index contributed by atoms with van der Waals surface area (Å²) in [5.41, 5.74) is 0. The molecule has 1 saturated carbocycles. The lowest BCUT2D eigenvalue weighted by molar-refractivity contribution is -0.365. The van der Waals surface area contributed by atoms with Crippen molar-refractivity contribution in [2.24, 2.45) is 0 Å². The van der Waals surface area contributed by atoms with Crippen LogP contribution in [0.25, 0.3) is 0 Å². The van der Waals surface area contributed by atoms with E-state index in [1.165, 1.54) is 83.5 Å². The quantitative estimate of drug-likeness (QED) is 0.0133. The molecule has 6 rings (SSSR count). The van der Waals surface area contributed by atoms with Gasteiger partial charge in [0.1, 0.15) is 165 Å². The van der Waals surface area contributed by atoms with Crippen molar-refractivity contribution in [3.05, 3.63) is 12.2 Å². The average molecular weight is 1660 g/mol. The van der Waals surface area contributed by atoms with Crippen molar-refractivity contribution in [1.82, 2.24) is 0 Å². The lowest BCUT2D eigenvalue weighted by Crippen LogP contribution is -2.69. The van der Waals surface area contributed by atoms with Gasteiger partial charge in [0.25, 0.3) is 0 Å². The van der Waals surface area contributed by atoms with Crippen LogP contribution in [-0.4, -0.2) is 361 Å². The van der Waals surface area contributed by atoms with E-state index in [1.54, 1.807) is 0 Å². The number of carbonyl (C=O) groups is 2. The number of hydrogen-bond donors (Lipinski definition) is 21. The van der Waals surface area contributed by atoms with Crippen molar-refractivity contribution in [2.45, 2.75) is 396 Å². The minimum atomic E-state index is -5.86. The zero-order chi connectivity index (χ0) is 82.9. The summed E-state index contributed by atoms with van der Waals surface area (Å²) in [6, 6.07) is 0. The Morgan fingerprint density at radius 1 is 0.345 bits per heavy atom. The van der Waals surface area contributed by atoms with Crippen molar-refractivity contribution < 1.29 is 187 Å². The van der Waals surface area contributed by atoms with E-state index in [0.717, 1.165) is 64.2 Å². The molecule has 0 spiro atoms. The Hall–Kier alpha value is -2.41. The molecule has 1 aliphatic carbocycles. The summed E-state index contributed by atoms with van der Waals surface area (Å²) in [5.74, 6) is -1.48. The van der Waals surface area contributed by atoms with Crippen molar-refractivity contribution in [1.29, 1.82) is 0 Å². The highest BCUT2D eigenvalue weighted by Crippen LogP contribution is 2.49. The number of unbranched alkanes of at least 4 members (excludes halogenated alkanes) is 24. The molecule has 33 atom stereocenters. The predicted molar refractivity (Wildman–Crippen MR) is 389 cm³/mol. The first-order valence-corrected chi connectivity index (χ1v) is 42.1. The third-order valence-electron chi connectivity index (χ3n) is 21.4. The molecule has 0 aromatic rings. The monoisotopic (exact) mass is 1660 g/mol. The number of hydrogen-bond acceptors (Lipinski definition) is 37. The summed E-state index contributed by atoms with van der Waals surface area (Å²) in [6.45, 7) is -1.91. The lowest BCUT2D eigenvalue weighted by atomic mass is 9.84. The number of aliphatic hydroxyl groups excluding tert-OH is 20. The van der Waals surface area contributed by atoms with Gasteiger partial charge in [0.15, 0.2) is 37.6 Å². The summed E-state index contributed by atoms with van der Waals surface area (Å²) in [5, 5.41) is 217. The molecule has 39 heteroatoms. The maximum atomic E-state index is 14.5. The Morgan fingerprint density at radius 3 is 1.00 bits per heavy atom. The molecule has 662 valence electrons. The third kappa shape index (κ3) is 31.2. The number of phosphoric acid groups is 1. The van der Waals surface area contributed by atoms with E-state index in [4.69, 9.17) is 65.9 Å². The molecule has 5 heterocycles. The Balaban J connectivity index is 1.13. The van der Waals surface area contributed by atoms with E-state index in [-0.39, 0.29) is 12.8 Å². The van der Waals surface area contributed by atoms with Crippen LogP contribution in [0.4, 0.5) is 0 Å². The molecular formula is C74H133O38P. The number of carbonyl (C=O) groups excluding carboxylic acids is 2. The van der Waals surface area contributed by atoms with Crippen LogP contribution in [0, 0.1) is 0 Å². The fourth-order valence-corrected chi connectivity index (χ4v) is 15.2. The van der Waals surface area contributed by atoms with E-state index in [1.807, 2.05) is 0 Å². The lowest BCUT2D eigenvalue weighted by Gasteiger charge is -2.49. The Labute approximate surface area is 659 Å². The largest absolute Gasteiger partial charge is 0.472 e. The summed E-state index contributed by atoms with van der Waals surface area (Å²) in [6.07, 6.45) is -34.2. The van der Waals surface area contributed by atoms with E-state index in [2.05, 4.69) is 26.0 Å². The molecule has 6 aliphatic rings. The molecule has 0 radical (unpaired) electrons. The van der Waals surface area contributed by atoms with Crippen LogP contribution < -0.4 is 0 Å². The highest BCUT2D eigenvalue weighted by Gasteiger charge is 2.59. The molecule has 5 saturated heterocycles.